The lowest BCUT2D eigenvalue weighted by molar-refractivity contribution is -0.150. The highest BCUT2D eigenvalue weighted by molar-refractivity contribution is 5.96. The molecule has 0 aliphatic carbocycles. The zero-order chi connectivity index (χ0) is 30.8. The molecule has 0 bridgehead atoms. The summed E-state index contributed by atoms with van der Waals surface area (Å²) in [6.45, 7) is 1.13. The molecule has 0 atom stereocenters. The molecular formula is C30H18F8O4. The number of hydrogen-bond donors (Lipinski definition) is 0. The van der Waals surface area contributed by atoms with E-state index < -0.39 is 53.0 Å². The molecule has 0 spiro atoms. The van der Waals surface area contributed by atoms with Gasteiger partial charge in [0.05, 0.1) is 11.1 Å². The average Bonchev–Trinajstić information content (AvgIpc) is 2.92. The first-order valence-corrected chi connectivity index (χ1v) is 12.0. The highest BCUT2D eigenvalue weighted by Crippen LogP contribution is 2.34. The second-order valence-electron chi connectivity index (χ2n) is 9.00. The maximum absolute atomic E-state index is 14.6. The number of hydrogen-bond acceptors (Lipinski definition) is 4. The number of ether oxygens (including phenoxy) is 2. The number of alkyl halides is 6. The van der Waals surface area contributed by atoms with Crippen molar-refractivity contribution in [3.05, 3.63) is 108 Å². The Kier molecular flexibility index (Phi) is 8.37. The van der Waals surface area contributed by atoms with Gasteiger partial charge < -0.3 is 9.47 Å². The van der Waals surface area contributed by atoms with Crippen molar-refractivity contribution in [3.63, 3.8) is 0 Å². The van der Waals surface area contributed by atoms with Crippen LogP contribution < -0.4 is 9.47 Å². The standard InChI is InChI=1S/C30H18F8O4/c1-16(27(39)41-21-10-12-23(25(31)14-21)17-2-6-19(7-3-17)29(33,34)35)28(40)42-22-11-13-24(26(32)15-22)18-4-8-20(9-5-18)30(36,37)38/h2-16H,1H3. The van der Waals surface area contributed by atoms with Crippen molar-refractivity contribution in [2.45, 2.75) is 19.3 Å². The van der Waals surface area contributed by atoms with E-state index in [1.807, 2.05) is 0 Å². The Morgan fingerprint density at radius 3 is 1.19 bits per heavy atom. The van der Waals surface area contributed by atoms with Gasteiger partial charge in [-0.15, -0.1) is 0 Å². The summed E-state index contributed by atoms with van der Waals surface area (Å²) in [7, 11) is 0. The van der Waals surface area contributed by atoms with Gasteiger partial charge in [-0.1, -0.05) is 24.3 Å². The van der Waals surface area contributed by atoms with Crippen LogP contribution in [0.3, 0.4) is 0 Å². The van der Waals surface area contributed by atoms with E-state index in [0.717, 1.165) is 67.6 Å². The predicted molar refractivity (Wildman–Crippen MR) is 134 cm³/mol. The monoisotopic (exact) mass is 594 g/mol. The Morgan fingerprint density at radius 2 is 0.905 bits per heavy atom. The van der Waals surface area contributed by atoms with Crippen molar-refractivity contribution in [3.8, 4) is 33.8 Å². The number of benzene rings is 4. The topological polar surface area (TPSA) is 52.6 Å². The van der Waals surface area contributed by atoms with Crippen molar-refractivity contribution in [2.24, 2.45) is 5.92 Å². The number of esters is 2. The van der Waals surface area contributed by atoms with Gasteiger partial charge in [-0.3, -0.25) is 9.59 Å². The number of halogens is 8. The van der Waals surface area contributed by atoms with E-state index in [2.05, 4.69) is 0 Å². The molecule has 0 heterocycles. The second-order valence-corrected chi connectivity index (χ2v) is 9.00. The second kappa shape index (κ2) is 11.6. The van der Waals surface area contributed by atoms with Gasteiger partial charge in [0.1, 0.15) is 23.1 Å². The molecular weight excluding hydrogens is 576 g/mol. The van der Waals surface area contributed by atoms with Gasteiger partial charge in [0.25, 0.3) is 0 Å². The number of carbonyl (C=O) groups excluding carboxylic acids is 2. The van der Waals surface area contributed by atoms with Crippen LogP contribution in [-0.4, -0.2) is 11.9 Å². The van der Waals surface area contributed by atoms with Crippen LogP contribution >= 0.6 is 0 Å². The first-order chi connectivity index (χ1) is 19.6. The quantitative estimate of drug-likeness (QED) is 0.0973. The lowest BCUT2D eigenvalue weighted by atomic mass is 10.0. The normalized spacial score (nSPS) is 11.9. The molecule has 0 aromatic heterocycles. The SMILES string of the molecule is CC(C(=O)Oc1ccc(-c2ccc(C(F)(F)F)cc2)c(F)c1)C(=O)Oc1ccc(-c2ccc(C(F)(F)F)cc2)c(F)c1. The smallest absolute Gasteiger partial charge is 0.416 e. The minimum atomic E-state index is -4.56. The van der Waals surface area contributed by atoms with Crippen LogP contribution in [0, 0.1) is 17.6 Å². The van der Waals surface area contributed by atoms with Gasteiger partial charge in [-0.2, -0.15) is 26.3 Å². The fraction of sp³-hybridized carbons (Fsp3) is 0.133. The molecule has 218 valence electrons. The third kappa shape index (κ3) is 6.93. The van der Waals surface area contributed by atoms with Crippen molar-refractivity contribution >= 4 is 11.9 Å². The summed E-state index contributed by atoms with van der Waals surface area (Å²) < 4.78 is 116. The lowest BCUT2D eigenvalue weighted by Crippen LogP contribution is -2.29. The highest BCUT2D eigenvalue weighted by Gasteiger charge is 2.31. The molecule has 0 aliphatic heterocycles. The van der Waals surface area contributed by atoms with Gasteiger partial charge in [0, 0.05) is 23.3 Å². The molecule has 0 aliphatic rings. The fourth-order valence-electron chi connectivity index (χ4n) is 3.77. The summed E-state index contributed by atoms with van der Waals surface area (Å²) >= 11 is 0. The van der Waals surface area contributed by atoms with E-state index in [1.165, 1.54) is 24.3 Å². The molecule has 0 fully saturated rings. The van der Waals surface area contributed by atoms with E-state index >= 15 is 0 Å². The highest BCUT2D eigenvalue weighted by atomic mass is 19.4. The fourth-order valence-corrected chi connectivity index (χ4v) is 3.77. The Bertz CT molecular complexity index is 1490. The van der Waals surface area contributed by atoms with E-state index in [4.69, 9.17) is 9.47 Å². The minimum absolute atomic E-state index is 0.0576. The van der Waals surface area contributed by atoms with Crippen LogP contribution in [0.15, 0.2) is 84.9 Å². The van der Waals surface area contributed by atoms with Gasteiger partial charge >= 0.3 is 24.3 Å². The van der Waals surface area contributed by atoms with Crippen LogP contribution in [0.5, 0.6) is 11.5 Å². The van der Waals surface area contributed by atoms with E-state index in [9.17, 15) is 44.7 Å². The first-order valence-electron chi connectivity index (χ1n) is 12.0. The Morgan fingerprint density at radius 1 is 0.571 bits per heavy atom. The number of carbonyl (C=O) groups is 2. The van der Waals surface area contributed by atoms with Crippen LogP contribution in [0.25, 0.3) is 22.3 Å². The van der Waals surface area contributed by atoms with E-state index in [-0.39, 0.29) is 33.8 Å². The van der Waals surface area contributed by atoms with Crippen molar-refractivity contribution in [1.82, 2.24) is 0 Å². The van der Waals surface area contributed by atoms with Crippen LogP contribution in [0.2, 0.25) is 0 Å². The number of rotatable bonds is 6. The third-order valence-electron chi connectivity index (χ3n) is 6.07. The summed E-state index contributed by atoms with van der Waals surface area (Å²) in [5.74, 6) is -6.20. The molecule has 4 aromatic carbocycles. The van der Waals surface area contributed by atoms with Gasteiger partial charge in [0.2, 0.25) is 0 Å². The summed E-state index contributed by atoms with van der Waals surface area (Å²) in [6, 6.07) is 13.9. The van der Waals surface area contributed by atoms with Crippen LogP contribution in [0.4, 0.5) is 35.1 Å². The Balaban J connectivity index is 1.39. The summed E-state index contributed by atoms with van der Waals surface area (Å²) in [5, 5.41) is 0. The van der Waals surface area contributed by atoms with Crippen LogP contribution in [-0.2, 0) is 21.9 Å². The van der Waals surface area contributed by atoms with Gasteiger partial charge in [-0.05, 0) is 66.6 Å². The molecule has 0 saturated heterocycles. The zero-order valence-corrected chi connectivity index (χ0v) is 21.3. The molecule has 0 N–H and O–H groups in total. The van der Waals surface area contributed by atoms with E-state index in [1.54, 1.807) is 0 Å². The van der Waals surface area contributed by atoms with Crippen molar-refractivity contribution in [1.29, 1.82) is 0 Å². The molecule has 4 aromatic rings. The molecule has 4 nitrogen and oxygen atoms in total. The maximum Gasteiger partial charge on any atom is 0.416 e. The molecule has 42 heavy (non-hydrogen) atoms. The molecule has 0 unspecified atom stereocenters. The molecule has 4 rings (SSSR count). The lowest BCUT2D eigenvalue weighted by Gasteiger charge is -2.13. The molecule has 0 saturated carbocycles. The zero-order valence-electron chi connectivity index (χ0n) is 21.3. The molecule has 0 radical (unpaired) electrons. The maximum atomic E-state index is 14.6. The average molecular weight is 594 g/mol. The van der Waals surface area contributed by atoms with E-state index in [0.29, 0.717) is 0 Å². The largest absolute Gasteiger partial charge is 0.426 e. The van der Waals surface area contributed by atoms with Gasteiger partial charge in [-0.25, -0.2) is 8.78 Å². The molecule has 0 amide bonds. The van der Waals surface area contributed by atoms with Crippen molar-refractivity contribution < 1.29 is 54.2 Å². The summed E-state index contributed by atoms with van der Waals surface area (Å²) in [6.07, 6.45) is -9.11. The van der Waals surface area contributed by atoms with Crippen LogP contribution in [0.1, 0.15) is 18.1 Å². The molecule has 12 heteroatoms. The summed E-state index contributed by atoms with van der Waals surface area (Å²) in [5.41, 5.74) is -1.64. The van der Waals surface area contributed by atoms with Gasteiger partial charge in [0.15, 0.2) is 5.92 Å². The Labute approximate surface area is 233 Å². The minimum Gasteiger partial charge on any atom is -0.426 e. The summed E-state index contributed by atoms with van der Waals surface area (Å²) in [4.78, 5) is 24.9. The first kappa shape index (κ1) is 30.2. The van der Waals surface area contributed by atoms with Crippen molar-refractivity contribution in [2.75, 3.05) is 0 Å². The predicted octanol–water partition coefficient (Wildman–Crippen LogP) is 8.48. The third-order valence-corrected chi connectivity index (χ3v) is 6.07. The Hall–Kier alpha value is -4.74.